The molecule has 0 saturated carbocycles. The summed E-state index contributed by atoms with van der Waals surface area (Å²) in [5.41, 5.74) is 1.25. The zero-order chi connectivity index (χ0) is 25.2. The van der Waals surface area contributed by atoms with E-state index in [-0.39, 0.29) is 24.5 Å². The molecule has 0 spiro atoms. The number of amides is 2. The summed E-state index contributed by atoms with van der Waals surface area (Å²) in [6, 6.07) is 15.5. The van der Waals surface area contributed by atoms with Gasteiger partial charge in [-0.1, -0.05) is 34.1 Å². The van der Waals surface area contributed by atoms with Gasteiger partial charge in [0.05, 0.1) is 26.3 Å². The van der Waals surface area contributed by atoms with E-state index in [0.717, 1.165) is 20.9 Å². The maximum absolute atomic E-state index is 13.9. The maximum atomic E-state index is 13.9. The predicted octanol–water partition coefficient (Wildman–Crippen LogP) is 4.76. The number of carbonyl (C=O) groups excluding carboxylic acids is 2. The molecule has 1 aliphatic heterocycles. The summed E-state index contributed by atoms with van der Waals surface area (Å²) in [5.74, 6) is 0.295. The molecule has 0 aliphatic carbocycles. The largest absolute Gasteiger partial charge is 0.496 e. The van der Waals surface area contributed by atoms with Gasteiger partial charge in [0.1, 0.15) is 17.0 Å². The second-order valence-corrected chi connectivity index (χ2v) is 10.2. The van der Waals surface area contributed by atoms with Crippen LogP contribution in [0.3, 0.4) is 0 Å². The lowest BCUT2D eigenvalue weighted by molar-refractivity contribution is -0.133. The fourth-order valence-corrected chi connectivity index (χ4v) is 4.99. The summed E-state index contributed by atoms with van der Waals surface area (Å²) in [4.78, 5) is 29.2. The van der Waals surface area contributed by atoms with E-state index >= 15 is 0 Å². The molecule has 7 nitrogen and oxygen atoms in total. The van der Waals surface area contributed by atoms with Gasteiger partial charge in [0.2, 0.25) is 5.91 Å². The van der Waals surface area contributed by atoms with Gasteiger partial charge in [0, 0.05) is 34.1 Å². The number of carbonyl (C=O) groups is 2. The van der Waals surface area contributed by atoms with Crippen LogP contribution in [0.25, 0.3) is 10.9 Å². The van der Waals surface area contributed by atoms with Crippen LogP contribution in [-0.4, -0.2) is 53.2 Å². The molecule has 1 atom stereocenters. The number of nitrogens with one attached hydrogen (secondary N) is 1. The average Bonchev–Trinajstić information content (AvgIpc) is 3.20. The summed E-state index contributed by atoms with van der Waals surface area (Å²) in [7, 11) is 1.60. The van der Waals surface area contributed by atoms with Crippen molar-refractivity contribution >= 4 is 38.6 Å². The summed E-state index contributed by atoms with van der Waals surface area (Å²) < 4.78 is 14.0. The van der Waals surface area contributed by atoms with Gasteiger partial charge < -0.3 is 24.3 Å². The predicted molar refractivity (Wildman–Crippen MR) is 140 cm³/mol. The second-order valence-electron chi connectivity index (χ2n) is 9.32. The van der Waals surface area contributed by atoms with Crippen LogP contribution in [0, 0.1) is 0 Å². The number of para-hydroxylation sites is 1. The van der Waals surface area contributed by atoms with Crippen LogP contribution in [0.15, 0.2) is 53.0 Å². The zero-order valence-corrected chi connectivity index (χ0v) is 22.2. The number of fused-ring (bicyclic) bond motifs is 3. The van der Waals surface area contributed by atoms with Crippen LogP contribution in [0.2, 0.25) is 0 Å². The highest BCUT2D eigenvalue weighted by molar-refractivity contribution is 9.10. The third-order valence-corrected chi connectivity index (χ3v) is 6.95. The van der Waals surface area contributed by atoms with Crippen LogP contribution < -0.4 is 10.1 Å². The topological polar surface area (TPSA) is 72.8 Å². The first kappa shape index (κ1) is 25.3. The molecule has 3 aromatic rings. The number of ether oxygens (including phenoxy) is 2. The third kappa shape index (κ3) is 5.09. The Bertz CT molecular complexity index is 1240. The molecule has 8 heteroatoms. The van der Waals surface area contributed by atoms with Crippen molar-refractivity contribution in [3.05, 3.63) is 64.3 Å². The highest BCUT2D eigenvalue weighted by atomic mass is 79.9. The normalized spacial score (nSPS) is 17.7. The summed E-state index contributed by atoms with van der Waals surface area (Å²) >= 11 is 3.52. The van der Waals surface area contributed by atoms with E-state index in [9.17, 15) is 9.59 Å². The molecule has 2 aromatic carbocycles. The molecule has 1 aliphatic rings. The van der Waals surface area contributed by atoms with Gasteiger partial charge in [-0.2, -0.15) is 0 Å². The van der Waals surface area contributed by atoms with Crippen molar-refractivity contribution in [1.29, 1.82) is 0 Å². The number of benzene rings is 2. The number of hydrogen-bond donors (Lipinski definition) is 1. The molecule has 0 unspecified atom stereocenters. The van der Waals surface area contributed by atoms with Crippen LogP contribution in [0.4, 0.5) is 0 Å². The Morgan fingerprint density at radius 3 is 2.71 bits per heavy atom. The van der Waals surface area contributed by atoms with Crippen molar-refractivity contribution in [3.63, 3.8) is 0 Å². The van der Waals surface area contributed by atoms with E-state index < -0.39 is 5.54 Å². The first-order valence-corrected chi connectivity index (χ1v) is 12.7. The number of aromatic nitrogens is 1. The van der Waals surface area contributed by atoms with Crippen molar-refractivity contribution in [1.82, 2.24) is 14.8 Å². The lowest BCUT2D eigenvalue weighted by Crippen LogP contribution is -2.63. The Hall–Kier alpha value is -2.84. The van der Waals surface area contributed by atoms with Crippen LogP contribution >= 0.6 is 15.9 Å². The molecule has 1 N–H and O–H groups in total. The molecular weight excluding hydrogens is 510 g/mol. The molecule has 186 valence electrons. The van der Waals surface area contributed by atoms with Crippen molar-refractivity contribution in [3.8, 4) is 5.75 Å². The van der Waals surface area contributed by atoms with Gasteiger partial charge >= 0.3 is 0 Å². The van der Waals surface area contributed by atoms with Crippen LogP contribution in [-0.2, 0) is 22.6 Å². The minimum Gasteiger partial charge on any atom is -0.496 e. The van der Waals surface area contributed by atoms with E-state index in [4.69, 9.17) is 9.47 Å². The fraction of sp³-hybridized carbons (Fsp3) is 0.407. The summed E-state index contributed by atoms with van der Waals surface area (Å²) in [6.45, 7) is 7.45. The van der Waals surface area contributed by atoms with Gasteiger partial charge in [0.25, 0.3) is 5.91 Å². The van der Waals surface area contributed by atoms with Crippen molar-refractivity contribution < 1.29 is 19.1 Å². The number of halogens is 1. The Labute approximate surface area is 214 Å². The molecule has 1 aromatic heterocycles. The molecule has 2 heterocycles. The SMILES string of the molecule is COc1ccc(Br)cc1CN1C(=O)c2cc3ccccc3n2C[C@@]1(C)C(=O)NCCCOC(C)C. The molecule has 0 radical (unpaired) electrons. The lowest BCUT2D eigenvalue weighted by atomic mass is 9.93. The van der Waals surface area contributed by atoms with Gasteiger partial charge in [-0.05, 0) is 57.5 Å². The number of rotatable bonds is 9. The Morgan fingerprint density at radius 2 is 1.97 bits per heavy atom. The van der Waals surface area contributed by atoms with Crippen LogP contribution in [0.1, 0.15) is 43.2 Å². The second kappa shape index (κ2) is 10.4. The average molecular weight is 542 g/mol. The molecule has 0 fully saturated rings. The van der Waals surface area contributed by atoms with Gasteiger partial charge in [-0.15, -0.1) is 0 Å². The van der Waals surface area contributed by atoms with Gasteiger partial charge in [-0.25, -0.2) is 0 Å². The van der Waals surface area contributed by atoms with Gasteiger partial charge in [0.15, 0.2) is 0 Å². The molecule has 4 rings (SSSR count). The Kier molecular flexibility index (Phi) is 7.52. The molecule has 2 amide bonds. The fourth-order valence-electron chi connectivity index (χ4n) is 4.58. The first-order chi connectivity index (χ1) is 16.7. The highest BCUT2D eigenvalue weighted by Gasteiger charge is 2.47. The van der Waals surface area contributed by atoms with Crippen molar-refractivity contribution in [2.45, 2.75) is 51.9 Å². The van der Waals surface area contributed by atoms with Crippen LogP contribution in [0.5, 0.6) is 5.75 Å². The number of nitrogens with zero attached hydrogens (tertiary/aromatic N) is 2. The Morgan fingerprint density at radius 1 is 1.20 bits per heavy atom. The lowest BCUT2D eigenvalue weighted by Gasteiger charge is -2.44. The van der Waals surface area contributed by atoms with Crippen molar-refractivity contribution in [2.75, 3.05) is 20.3 Å². The van der Waals surface area contributed by atoms with E-state index in [1.54, 1.807) is 12.0 Å². The number of methoxy groups -OCH3 is 1. The molecule has 0 bridgehead atoms. The molecule has 35 heavy (non-hydrogen) atoms. The highest BCUT2D eigenvalue weighted by Crippen LogP contribution is 2.35. The van der Waals surface area contributed by atoms with E-state index in [0.29, 0.717) is 37.6 Å². The van der Waals surface area contributed by atoms with E-state index in [2.05, 4.69) is 21.2 Å². The smallest absolute Gasteiger partial charge is 0.271 e. The summed E-state index contributed by atoms with van der Waals surface area (Å²) in [5, 5.41) is 4.03. The molecule has 0 saturated heterocycles. The minimum absolute atomic E-state index is 0.148. The minimum atomic E-state index is -1.10. The standard InChI is InChI=1S/C27H32BrN3O4/c1-18(2)35-13-7-12-29-26(33)27(3)17-30-22-9-6-5-8-19(22)15-23(30)25(32)31(27)16-20-14-21(28)10-11-24(20)34-4/h5-6,8-11,14-15,18H,7,12-13,16-17H2,1-4H3,(H,29,33)/t27-/m0/s1. The number of hydrogen-bond acceptors (Lipinski definition) is 4. The van der Waals surface area contributed by atoms with E-state index in [1.165, 1.54) is 0 Å². The Balaban J connectivity index is 1.69. The zero-order valence-electron chi connectivity index (χ0n) is 20.6. The third-order valence-electron chi connectivity index (χ3n) is 6.45. The quantitative estimate of drug-likeness (QED) is 0.396. The first-order valence-electron chi connectivity index (χ1n) is 11.9. The summed E-state index contributed by atoms with van der Waals surface area (Å²) in [6.07, 6.45) is 0.848. The van der Waals surface area contributed by atoms with Gasteiger partial charge in [-0.3, -0.25) is 9.59 Å². The molecular formula is C27H32BrN3O4. The van der Waals surface area contributed by atoms with Crippen molar-refractivity contribution in [2.24, 2.45) is 0 Å². The monoisotopic (exact) mass is 541 g/mol. The maximum Gasteiger partial charge on any atom is 0.271 e. The van der Waals surface area contributed by atoms with E-state index in [1.807, 2.05) is 73.9 Å².